The van der Waals surface area contributed by atoms with Crippen LogP contribution >= 0.6 is 0 Å². The zero-order chi connectivity index (χ0) is 5.56. The molecule has 1 heteroatoms. The lowest BCUT2D eigenvalue weighted by molar-refractivity contribution is 0.173. The molecule has 0 radical (unpaired) electrons. The Hall–Kier alpha value is -0.0400. The van der Waals surface area contributed by atoms with Crippen LogP contribution in [-0.2, 0) is 0 Å². The molecule has 3 atom stereocenters. The molecule has 0 aliphatic heterocycles. The lowest BCUT2D eigenvalue weighted by Gasteiger charge is -2.37. The van der Waals surface area contributed by atoms with Gasteiger partial charge in [-0.15, -0.1) is 0 Å². The van der Waals surface area contributed by atoms with Crippen LogP contribution in [0.4, 0.5) is 0 Å². The van der Waals surface area contributed by atoms with Crippen LogP contribution in [0.25, 0.3) is 0 Å². The normalized spacial score (nSPS) is 52.9. The van der Waals surface area contributed by atoms with Gasteiger partial charge in [-0.05, 0) is 24.7 Å². The van der Waals surface area contributed by atoms with Crippen molar-refractivity contribution in [3.05, 3.63) is 0 Å². The lowest BCUT2D eigenvalue weighted by Crippen LogP contribution is -2.44. The molecule has 0 heterocycles. The van der Waals surface area contributed by atoms with Crippen LogP contribution in [0.2, 0.25) is 0 Å². The molecule has 1 unspecified atom stereocenters. The van der Waals surface area contributed by atoms with Crippen LogP contribution in [0.1, 0.15) is 25.7 Å². The Morgan fingerprint density at radius 1 is 1.25 bits per heavy atom. The van der Waals surface area contributed by atoms with Crippen LogP contribution < -0.4 is 5.73 Å². The number of rotatable bonds is 0. The standard InChI is InChI=1S/C7H13N/c8-7-4-5-2-1-3-6(5)7/h5-7H,1-4,8H2/t5-,6-,7?/m1/s1. The second kappa shape index (κ2) is 1.47. The van der Waals surface area contributed by atoms with Crippen LogP contribution in [0.3, 0.4) is 0 Å². The Morgan fingerprint density at radius 3 is 2.62 bits per heavy atom. The largest absolute Gasteiger partial charge is 0.327 e. The van der Waals surface area contributed by atoms with Gasteiger partial charge in [0.25, 0.3) is 0 Å². The molecular weight excluding hydrogens is 98.1 g/mol. The van der Waals surface area contributed by atoms with Crippen LogP contribution in [0.15, 0.2) is 0 Å². The lowest BCUT2D eigenvalue weighted by atomic mass is 9.72. The van der Waals surface area contributed by atoms with E-state index < -0.39 is 0 Å². The fraction of sp³-hybridized carbons (Fsp3) is 1.00. The first-order valence-electron chi connectivity index (χ1n) is 3.63. The third-order valence-corrected chi connectivity index (χ3v) is 2.84. The Balaban J connectivity index is 2.02. The maximum atomic E-state index is 5.76. The minimum absolute atomic E-state index is 0.586. The Labute approximate surface area is 50.3 Å². The van der Waals surface area contributed by atoms with E-state index >= 15 is 0 Å². The molecule has 0 spiro atoms. The maximum absolute atomic E-state index is 5.76. The van der Waals surface area contributed by atoms with Gasteiger partial charge >= 0.3 is 0 Å². The molecule has 0 aromatic carbocycles. The number of nitrogens with two attached hydrogens (primary N) is 1. The first-order valence-corrected chi connectivity index (χ1v) is 3.63. The van der Waals surface area contributed by atoms with Crippen molar-refractivity contribution in [3.63, 3.8) is 0 Å². The first kappa shape index (κ1) is 4.80. The molecule has 2 saturated carbocycles. The summed E-state index contributed by atoms with van der Waals surface area (Å²) in [4.78, 5) is 0. The third kappa shape index (κ3) is 0.455. The van der Waals surface area contributed by atoms with Crippen LogP contribution in [0, 0.1) is 11.8 Å². The third-order valence-electron chi connectivity index (χ3n) is 2.84. The summed E-state index contributed by atoms with van der Waals surface area (Å²) in [5.74, 6) is 1.99. The summed E-state index contributed by atoms with van der Waals surface area (Å²) in [6.45, 7) is 0. The van der Waals surface area contributed by atoms with E-state index in [0.29, 0.717) is 6.04 Å². The molecular formula is C7H13N. The first-order chi connectivity index (χ1) is 3.88. The summed E-state index contributed by atoms with van der Waals surface area (Å²) >= 11 is 0. The molecule has 2 fully saturated rings. The predicted molar refractivity (Wildman–Crippen MR) is 33.4 cm³/mol. The Morgan fingerprint density at radius 2 is 2.12 bits per heavy atom. The Kier molecular flexibility index (Phi) is 0.884. The fourth-order valence-electron chi connectivity index (χ4n) is 2.25. The van der Waals surface area contributed by atoms with Crippen molar-refractivity contribution in [2.75, 3.05) is 0 Å². The molecule has 0 aromatic heterocycles. The average Bonchev–Trinajstić information content (AvgIpc) is 2.09. The van der Waals surface area contributed by atoms with Crippen molar-refractivity contribution < 1.29 is 0 Å². The van der Waals surface area contributed by atoms with Crippen molar-refractivity contribution in [3.8, 4) is 0 Å². The molecule has 0 amide bonds. The highest BCUT2D eigenvalue weighted by Gasteiger charge is 2.41. The summed E-state index contributed by atoms with van der Waals surface area (Å²) < 4.78 is 0. The van der Waals surface area contributed by atoms with Gasteiger partial charge in [0.05, 0.1) is 0 Å². The van der Waals surface area contributed by atoms with Crippen molar-refractivity contribution in [2.24, 2.45) is 17.6 Å². The van der Waals surface area contributed by atoms with Gasteiger partial charge in [0, 0.05) is 6.04 Å². The summed E-state index contributed by atoms with van der Waals surface area (Å²) in [7, 11) is 0. The molecule has 2 aliphatic carbocycles. The molecule has 0 saturated heterocycles. The van der Waals surface area contributed by atoms with Crippen LogP contribution in [-0.4, -0.2) is 6.04 Å². The highest BCUT2D eigenvalue weighted by atomic mass is 14.7. The minimum Gasteiger partial charge on any atom is -0.327 e. The molecule has 46 valence electrons. The van der Waals surface area contributed by atoms with Gasteiger partial charge in [-0.25, -0.2) is 0 Å². The number of hydrogen-bond acceptors (Lipinski definition) is 1. The molecule has 2 N–H and O–H groups in total. The topological polar surface area (TPSA) is 26.0 Å². The van der Waals surface area contributed by atoms with Crippen LogP contribution in [0.5, 0.6) is 0 Å². The van der Waals surface area contributed by atoms with E-state index in [-0.39, 0.29) is 0 Å². The van der Waals surface area contributed by atoms with Crippen molar-refractivity contribution in [2.45, 2.75) is 31.7 Å². The summed E-state index contributed by atoms with van der Waals surface area (Å²) in [5, 5.41) is 0. The van der Waals surface area contributed by atoms with E-state index in [2.05, 4.69) is 0 Å². The summed E-state index contributed by atoms with van der Waals surface area (Å²) in [6.07, 6.45) is 5.66. The van der Waals surface area contributed by atoms with Gasteiger partial charge in [-0.3, -0.25) is 0 Å². The van der Waals surface area contributed by atoms with Gasteiger partial charge in [0.15, 0.2) is 0 Å². The van der Waals surface area contributed by atoms with Gasteiger partial charge in [-0.2, -0.15) is 0 Å². The summed E-state index contributed by atoms with van der Waals surface area (Å²) in [6, 6.07) is 0.586. The van der Waals surface area contributed by atoms with E-state index in [0.717, 1.165) is 11.8 Å². The maximum Gasteiger partial charge on any atom is 0.00725 e. The molecule has 8 heavy (non-hydrogen) atoms. The van der Waals surface area contributed by atoms with E-state index in [1.807, 2.05) is 0 Å². The Bertz CT molecular complexity index is 101. The summed E-state index contributed by atoms with van der Waals surface area (Å²) in [5.41, 5.74) is 5.76. The quantitative estimate of drug-likeness (QED) is 0.498. The van der Waals surface area contributed by atoms with Crippen molar-refractivity contribution in [1.82, 2.24) is 0 Å². The van der Waals surface area contributed by atoms with E-state index in [1.54, 1.807) is 0 Å². The zero-order valence-electron chi connectivity index (χ0n) is 5.14. The van der Waals surface area contributed by atoms with Gasteiger partial charge in [0.1, 0.15) is 0 Å². The fourth-order valence-corrected chi connectivity index (χ4v) is 2.25. The molecule has 0 bridgehead atoms. The zero-order valence-corrected chi connectivity index (χ0v) is 5.14. The van der Waals surface area contributed by atoms with Gasteiger partial charge in [0.2, 0.25) is 0 Å². The minimum atomic E-state index is 0.586. The molecule has 0 aromatic rings. The number of hydrogen-bond donors (Lipinski definition) is 1. The highest BCUT2D eigenvalue weighted by molar-refractivity contribution is 4.95. The highest BCUT2D eigenvalue weighted by Crippen LogP contribution is 2.45. The monoisotopic (exact) mass is 111 g/mol. The second-order valence-corrected chi connectivity index (χ2v) is 3.25. The van der Waals surface area contributed by atoms with Crippen molar-refractivity contribution in [1.29, 1.82) is 0 Å². The smallest absolute Gasteiger partial charge is 0.00725 e. The predicted octanol–water partition coefficient (Wildman–Crippen LogP) is 1.13. The van der Waals surface area contributed by atoms with E-state index in [9.17, 15) is 0 Å². The van der Waals surface area contributed by atoms with Crippen molar-refractivity contribution >= 4 is 0 Å². The number of fused-ring (bicyclic) bond motifs is 1. The SMILES string of the molecule is NC1C[C@H]2CCC[C@@H]12. The van der Waals surface area contributed by atoms with E-state index in [4.69, 9.17) is 5.73 Å². The molecule has 2 aliphatic rings. The van der Waals surface area contributed by atoms with E-state index in [1.165, 1.54) is 25.7 Å². The van der Waals surface area contributed by atoms with Gasteiger partial charge < -0.3 is 5.73 Å². The molecule has 2 rings (SSSR count). The van der Waals surface area contributed by atoms with Gasteiger partial charge in [-0.1, -0.05) is 12.8 Å². The average molecular weight is 111 g/mol. The molecule has 1 nitrogen and oxygen atoms in total. The second-order valence-electron chi connectivity index (χ2n) is 3.25.